The Labute approximate surface area is 146 Å². The first-order valence-electron chi connectivity index (χ1n) is 8.31. The van der Waals surface area contributed by atoms with Gasteiger partial charge in [0.2, 0.25) is 0 Å². The van der Waals surface area contributed by atoms with Gasteiger partial charge in [0.1, 0.15) is 17.2 Å². The summed E-state index contributed by atoms with van der Waals surface area (Å²) in [6.45, 7) is 3.75. The van der Waals surface area contributed by atoms with E-state index in [1.165, 1.54) is 5.56 Å². The molecule has 3 aromatic rings. The summed E-state index contributed by atoms with van der Waals surface area (Å²) < 4.78 is 7.86. The minimum absolute atomic E-state index is 0.276. The molecule has 24 heavy (non-hydrogen) atoms. The Kier molecular flexibility index (Phi) is 4.17. The molecule has 124 valence electrons. The van der Waals surface area contributed by atoms with Gasteiger partial charge in [-0.2, -0.15) is 0 Å². The number of hydrogen-bond acceptors (Lipinski definition) is 3. The molecule has 1 unspecified atom stereocenters. The number of rotatable bonds is 4. The van der Waals surface area contributed by atoms with Crippen LogP contribution < -0.4 is 5.32 Å². The Balaban J connectivity index is 1.75. The van der Waals surface area contributed by atoms with E-state index in [4.69, 9.17) is 21.3 Å². The smallest absolute Gasteiger partial charge is 0.139 e. The van der Waals surface area contributed by atoms with Crippen LogP contribution in [-0.4, -0.2) is 28.6 Å². The van der Waals surface area contributed by atoms with Crippen molar-refractivity contribution in [2.24, 2.45) is 0 Å². The quantitative estimate of drug-likeness (QED) is 0.756. The van der Waals surface area contributed by atoms with E-state index in [1.807, 2.05) is 30.3 Å². The third kappa shape index (κ3) is 2.99. The van der Waals surface area contributed by atoms with Gasteiger partial charge in [0.05, 0.1) is 6.10 Å². The Morgan fingerprint density at radius 3 is 2.83 bits per heavy atom. The molecule has 1 N–H and O–H groups in total. The van der Waals surface area contributed by atoms with Crippen molar-refractivity contribution in [1.29, 1.82) is 0 Å². The molecule has 0 saturated carbocycles. The van der Waals surface area contributed by atoms with Crippen LogP contribution in [0.25, 0.3) is 16.9 Å². The number of nitrogens with zero attached hydrogens (tertiary/aromatic N) is 2. The normalized spacial score (nSPS) is 17.5. The van der Waals surface area contributed by atoms with Crippen molar-refractivity contribution >= 4 is 23.1 Å². The standard InChI is InChI=1S/C19H20ClN3O/c1-13-4-9-17-22-18(14-5-7-15(20)8-6-14)19(23(17)12-13)21-11-16-3-2-10-24-16/h4-9,12,16,21H,2-3,10-11H2,1H3. The van der Waals surface area contributed by atoms with E-state index >= 15 is 0 Å². The van der Waals surface area contributed by atoms with Crippen LogP contribution in [0.15, 0.2) is 42.6 Å². The molecule has 3 heterocycles. The van der Waals surface area contributed by atoms with E-state index in [1.54, 1.807) is 0 Å². The lowest BCUT2D eigenvalue weighted by Crippen LogP contribution is -2.19. The van der Waals surface area contributed by atoms with Gasteiger partial charge in [0.15, 0.2) is 0 Å². The molecule has 2 aromatic heterocycles. The number of aryl methyl sites for hydroxylation is 1. The van der Waals surface area contributed by atoms with Crippen LogP contribution in [0, 0.1) is 6.92 Å². The highest BCUT2D eigenvalue weighted by Gasteiger charge is 2.19. The molecule has 0 amide bonds. The highest BCUT2D eigenvalue weighted by molar-refractivity contribution is 6.30. The first-order chi connectivity index (χ1) is 11.7. The van der Waals surface area contributed by atoms with Crippen LogP contribution in [0.1, 0.15) is 18.4 Å². The second-order valence-corrected chi connectivity index (χ2v) is 6.70. The van der Waals surface area contributed by atoms with Crippen LogP contribution in [0.3, 0.4) is 0 Å². The molecule has 0 aliphatic carbocycles. The average molecular weight is 342 g/mol. The maximum absolute atomic E-state index is 6.03. The highest BCUT2D eigenvalue weighted by Crippen LogP contribution is 2.30. The van der Waals surface area contributed by atoms with Gasteiger partial charge in [-0.1, -0.05) is 29.8 Å². The van der Waals surface area contributed by atoms with Crippen molar-refractivity contribution in [2.75, 3.05) is 18.5 Å². The monoisotopic (exact) mass is 341 g/mol. The van der Waals surface area contributed by atoms with E-state index in [0.717, 1.165) is 53.7 Å². The summed E-state index contributed by atoms with van der Waals surface area (Å²) in [5, 5.41) is 4.29. The lowest BCUT2D eigenvalue weighted by molar-refractivity contribution is 0.120. The number of pyridine rings is 1. The van der Waals surface area contributed by atoms with Gasteiger partial charge in [-0.05, 0) is 43.5 Å². The number of ether oxygens (including phenoxy) is 1. The van der Waals surface area contributed by atoms with E-state index in [0.29, 0.717) is 0 Å². The van der Waals surface area contributed by atoms with E-state index < -0.39 is 0 Å². The number of anilines is 1. The lowest BCUT2D eigenvalue weighted by Gasteiger charge is -2.13. The maximum atomic E-state index is 6.03. The Hall–Kier alpha value is -2.04. The number of halogens is 1. The van der Waals surface area contributed by atoms with Gasteiger partial charge in [-0.25, -0.2) is 4.98 Å². The van der Waals surface area contributed by atoms with Crippen LogP contribution in [0.4, 0.5) is 5.82 Å². The number of imidazole rings is 1. The zero-order valence-corrected chi connectivity index (χ0v) is 14.4. The zero-order valence-electron chi connectivity index (χ0n) is 13.6. The summed E-state index contributed by atoms with van der Waals surface area (Å²) in [6.07, 6.45) is 4.64. The third-order valence-corrected chi connectivity index (χ3v) is 4.66. The first kappa shape index (κ1) is 15.5. The topological polar surface area (TPSA) is 38.6 Å². The average Bonchev–Trinajstić information content (AvgIpc) is 3.21. The largest absolute Gasteiger partial charge is 0.376 e. The summed E-state index contributed by atoms with van der Waals surface area (Å²) in [5.74, 6) is 1.01. The molecule has 0 bridgehead atoms. The number of benzene rings is 1. The third-order valence-electron chi connectivity index (χ3n) is 4.41. The number of hydrogen-bond donors (Lipinski definition) is 1. The minimum atomic E-state index is 0.276. The molecular weight excluding hydrogens is 322 g/mol. The molecule has 5 heteroatoms. The van der Waals surface area contributed by atoms with E-state index in [2.05, 4.69) is 28.9 Å². The summed E-state index contributed by atoms with van der Waals surface area (Å²) in [7, 11) is 0. The fraction of sp³-hybridized carbons (Fsp3) is 0.316. The fourth-order valence-corrected chi connectivity index (χ4v) is 3.27. The molecule has 0 spiro atoms. The summed E-state index contributed by atoms with van der Waals surface area (Å²) in [4.78, 5) is 4.82. The molecular formula is C19H20ClN3O. The van der Waals surface area contributed by atoms with Gasteiger partial charge >= 0.3 is 0 Å². The van der Waals surface area contributed by atoms with Crippen molar-refractivity contribution < 1.29 is 4.74 Å². The summed E-state index contributed by atoms with van der Waals surface area (Å²) in [5.41, 5.74) is 4.12. The van der Waals surface area contributed by atoms with E-state index in [-0.39, 0.29) is 6.10 Å². The van der Waals surface area contributed by atoms with Crippen molar-refractivity contribution in [1.82, 2.24) is 9.38 Å². The minimum Gasteiger partial charge on any atom is -0.376 e. The van der Waals surface area contributed by atoms with Crippen molar-refractivity contribution in [3.63, 3.8) is 0 Å². The molecule has 1 fully saturated rings. The number of nitrogens with one attached hydrogen (secondary N) is 1. The van der Waals surface area contributed by atoms with Gasteiger partial charge < -0.3 is 10.1 Å². The Morgan fingerprint density at radius 2 is 2.08 bits per heavy atom. The zero-order chi connectivity index (χ0) is 16.5. The second kappa shape index (κ2) is 6.46. The molecule has 4 nitrogen and oxygen atoms in total. The SMILES string of the molecule is Cc1ccc2nc(-c3ccc(Cl)cc3)c(NCC3CCCO3)n2c1. The molecule has 4 rings (SSSR count). The number of aromatic nitrogens is 2. The fourth-order valence-electron chi connectivity index (χ4n) is 3.14. The van der Waals surface area contributed by atoms with Crippen LogP contribution in [-0.2, 0) is 4.74 Å². The molecule has 0 radical (unpaired) electrons. The highest BCUT2D eigenvalue weighted by atomic mass is 35.5. The van der Waals surface area contributed by atoms with Crippen molar-refractivity contribution in [3.8, 4) is 11.3 Å². The van der Waals surface area contributed by atoms with E-state index in [9.17, 15) is 0 Å². The first-order valence-corrected chi connectivity index (χ1v) is 8.68. The molecule has 1 atom stereocenters. The summed E-state index contributed by atoms with van der Waals surface area (Å²) in [6, 6.07) is 11.9. The van der Waals surface area contributed by atoms with Gasteiger partial charge in [-0.3, -0.25) is 4.40 Å². The van der Waals surface area contributed by atoms with Gasteiger partial charge in [-0.15, -0.1) is 0 Å². The van der Waals surface area contributed by atoms with Crippen LogP contribution in [0.2, 0.25) is 5.02 Å². The molecule has 1 aliphatic rings. The van der Waals surface area contributed by atoms with Crippen molar-refractivity contribution in [2.45, 2.75) is 25.9 Å². The van der Waals surface area contributed by atoms with Crippen LogP contribution in [0.5, 0.6) is 0 Å². The van der Waals surface area contributed by atoms with Gasteiger partial charge in [0.25, 0.3) is 0 Å². The van der Waals surface area contributed by atoms with Gasteiger partial charge in [0, 0.05) is 29.9 Å². The Morgan fingerprint density at radius 1 is 1.25 bits per heavy atom. The molecule has 1 aliphatic heterocycles. The van der Waals surface area contributed by atoms with Crippen LogP contribution >= 0.6 is 11.6 Å². The predicted octanol–water partition coefficient (Wildman–Crippen LogP) is 4.55. The predicted molar refractivity (Wildman–Crippen MR) is 97.8 cm³/mol. The maximum Gasteiger partial charge on any atom is 0.139 e. The summed E-state index contributed by atoms with van der Waals surface area (Å²) >= 11 is 6.03. The lowest BCUT2D eigenvalue weighted by atomic mass is 10.1. The van der Waals surface area contributed by atoms with Crippen molar-refractivity contribution in [3.05, 3.63) is 53.2 Å². The molecule has 1 aromatic carbocycles. The molecule has 1 saturated heterocycles. The Bertz CT molecular complexity index is 851. The second-order valence-electron chi connectivity index (χ2n) is 6.27. The number of fused-ring (bicyclic) bond motifs is 1.